The van der Waals surface area contributed by atoms with Crippen LogP contribution in [0, 0.1) is 10.1 Å². The third-order valence-corrected chi connectivity index (χ3v) is 4.39. The highest BCUT2D eigenvalue weighted by Crippen LogP contribution is 2.11. The Morgan fingerprint density at radius 3 is 2.57 bits per heavy atom. The Morgan fingerprint density at radius 2 is 1.79 bits per heavy atom. The number of hydrogen-bond donors (Lipinski definition) is 0. The summed E-state index contributed by atoms with van der Waals surface area (Å²) in [7, 11) is 0. The van der Waals surface area contributed by atoms with Crippen LogP contribution in [0.3, 0.4) is 0 Å². The fourth-order valence-electron chi connectivity index (χ4n) is 3.00. The Balaban J connectivity index is 1.56. The van der Waals surface area contributed by atoms with Crippen LogP contribution >= 0.6 is 0 Å². The number of aromatic nitrogens is 4. The van der Waals surface area contributed by atoms with Crippen LogP contribution in [-0.2, 0) is 13.1 Å². The summed E-state index contributed by atoms with van der Waals surface area (Å²) in [6.45, 7) is 0.863. The predicted molar refractivity (Wildman–Crippen MR) is 102 cm³/mol. The highest BCUT2D eigenvalue weighted by atomic mass is 16.6. The van der Waals surface area contributed by atoms with Crippen LogP contribution in [0.5, 0.6) is 0 Å². The lowest BCUT2D eigenvalue weighted by molar-refractivity contribution is -0.688. The molecule has 2 aromatic carbocycles. The molecule has 0 radical (unpaired) electrons. The third kappa shape index (κ3) is 3.61. The summed E-state index contributed by atoms with van der Waals surface area (Å²) in [5, 5.41) is 19.4. The van der Waals surface area contributed by atoms with Crippen LogP contribution in [0.1, 0.15) is 11.1 Å². The molecule has 0 aliphatic carbocycles. The molecule has 4 aromatic rings. The van der Waals surface area contributed by atoms with Gasteiger partial charge in [-0.25, -0.2) is 9.25 Å². The van der Waals surface area contributed by atoms with E-state index in [1.165, 1.54) is 16.8 Å². The Hall–Kier alpha value is -3.94. The van der Waals surface area contributed by atoms with Gasteiger partial charge in [0.15, 0.2) is 18.9 Å². The van der Waals surface area contributed by atoms with Crippen molar-refractivity contribution in [2.75, 3.05) is 0 Å². The first kappa shape index (κ1) is 17.5. The van der Waals surface area contributed by atoms with Gasteiger partial charge < -0.3 is 0 Å². The highest BCUT2D eigenvalue weighted by molar-refractivity contribution is 5.76. The van der Waals surface area contributed by atoms with Crippen molar-refractivity contribution in [3.8, 4) is 0 Å². The van der Waals surface area contributed by atoms with Crippen LogP contribution in [0.25, 0.3) is 10.9 Å². The van der Waals surface area contributed by atoms with Gasteiger partial charge in [-0.3, -0.25) is 14.9 Å². The van der Waals surface area contributed by atoms with Gasteiger partial charge in [-0.15, -0.1) is 5.10 Å². The van der Waals surface area contributed by atoms with Crippen LogP contribution < -0.4 is 10.1 Å². The molecule has 0 amide bonds. The maximum Gasteiger partial charge on any atom is 0.277 e. The van der Waals surface area contributed by atoms with Crippen LogP contribution in [0.2, 0.25) is 0 Å². The minimum Gasteiger partial charge on any atom is -0.267 e. The Labute approximate surface area is 159 Å². The molecule has 8 nitrogen and oxygen atoms in total. The zero-order valence-electron chi connectivity index (χ0n) is 14.8. The van der Waals surface area contributed by atoms with Gasteiger partial charge in [0.25, 0.3) is 11.2 Å². The minimum absolute atomic E-state index is 0.0664. The lowest BCUT2D eigenvalue weighted by Gasteiger charge is -2.05. The largest absolute Gasteiger partial charge is 0.277 e. The lowest BCUT2D eigenvalue weighted by atomic mass is 10.2. The summed E-state index contributed by atoms with van der Waals surface area (Å²) in [5.41, 5.74) is 2.30. The van der Waals surface area contributed by atoms with Gasteiger partial charge in [-0.2, -0.15) is 0 Å². The SMILES string of the molecule is O=c1c2ccccc2nnn1Cc1ccc[n+](Cc2ccc([N+](=O)[O-])cc2)c1. The topological polar surface area (TPSA) is 94.8 Å². The zero-order chi connectivity index (χ0) is 19.5. The average Bonchev–Trinajstić information content (AvgIpc) is 2.71. The van der Waals surface area contributed by atoms with Crippen molar-refractivity contribution in [3.63, 3.8) is 0 Å². The molecule has 2 heterocycles. The predicted octanol–water partition coefficient (Wildman–Crippen LogP) is 2.08. The van der Waals surface area contributed by atoms with Crippen molar-refractivity contribution in [3.05, 3.63) is 105 Å². The maximum atomic E-state index is 12.6. The summed E-state index contributed by atoms with van der Waals surface area (Å²) in [5.74, 6) is 0. The van der Waals surface area contributed by atoms with Crippen LogP contribution in [0.15, 0.2) is 77.9 Å². The van der Waals surface area contributed by atoms with Crippen molar-refractivity contribution in [1.29, 1.82) is 0 Å². The Bertz CT molecular complexity index is 1220. The summed E-state index contributed by atoms with van der Waals surface area (Å²) in [6.07, 6.45) is 3.82. The summed E-state index contributed by atoms with van der Waals surface area (Å²) < 4.78 is 3.30. The molecule has 0 N–H and O–H groups in total. The van der Waals surface area contributed by atoms with E-state index in [0.717, 1.165) is 11.1 Å². The molecular formula is C20H16N5O3+. The van der Waals surface area contributed by atoms with E-state index >= 15 is 0 Å². The molecule has 0 unspecified atom stereocenters. The molecule has 28 heavy (non-hydrogen) atoms. The first-order valence-electron chi connectivity index (χ1n) is 8.64. The Morgan fingerprint density at radius 1 is 1.00 bits per heavy atom. The van der Waals surface area contributed by atoms with E-state index < -0.39 is 4.92 Å². The van der Waals surface area contributed by atoms with Gasteiger partial charge in [0, 0.05) is 29.3 Å². The molecule has 2 aromatic heterocycles. The van der Waals surface area contributed by atoms with E-state index in [1.807, 2.05) is 35.2 Å². The third-order valence-electron chi connectivity index (χ3n) is 4.39. The maximum absolute atomic E-state index is 12.6. The number of pyridine rings is 1. The van der Waals surface area contributed by atoms with E-state index in [9.17, 15) is 14.9 Å². The second kappa shape index (κ2) is 7.36. The second-order valence-electron chi connectivity index (χ2n) is 6.38. The van der Waals surface area contributed by atoms with Crippen molar-refractivity contribution in [1.82, 2.24) is 15.0 Å². The molecule has 138 valence electrons. The van der Waals surface area contributed by atoms with Gasteiger partial charge in [-0.1, -0.05) is 17.3 Å². The standard InChI is InChI=1S/C20H16N5O3/c26-20-18-5-1-2-6-19(18)21-22-24(20)14-16-4-3-11-23(13-16)12-15-7-9-17(10-8-15)25(27)28/h1-11,13H,12,14H2/q+1. The normalized spacial score (nSPS) is 10.9. The van der Waals surface area contributed by atoms with E-state index in [0.29, 0.717) is 24.0 Å². The van der Waals surface area contributed by atoms with Crippen LogP contribution in [-0.4, -0.2) is 19.9 Å². The molecule has 0 bridgehead atoms. The molecule has 0 saturated carbocycles. The number of nitro benzene ring substituents is 1. The molecule has 0 atom stereocenters. The molecule has 8 heteroatoms. The van der Waals surface area contributed by atoms with Crippen molar-refractivity contribution in [2.45, 2.75) is 13.1 Å². The minimum atomic E-state index is -0.417. The highest BCUT2D eigenvalue weighted by Gasteiger charge is 2.10. The molecular weight excluding hydrogens is 358 g/mol. The van der Waals surface area contributed by atoms with Gasteiger partial charge in [0.05, 0.1) is 16.9 Å². The van der Waals surface area contributed by atoms with E-state index in [1.54, 1.807) is 30.3 Å². The van der Waals surface area contributed by atoms with E-state index in [-0.39, 0.29) is 11.2 Å². The van der Waals surface area contributed by atoms with E-state index in [4.69, 9.17) is 0 Å². The average molecular weight is 374 g/mol. The summed E-state index contributed by atoms with van der Waals surface area (Å²) >= 11 is 0. The second-order valence-corrected chi connectivity index (χ2v) is 6.38. The van der Waals surface area contributed by atoms with E-state index in [2.05, 4.69) is 10.3 Å². The van der Waals surface area contributed by atoms with Gasteiger partial charge in [0.2, 0.25) is 0 Å². The van der Waals surface area contributed by atoms with Crippen molar-refractivity contribution >= 4 is 16.6 Å². The van der Waals surface area contributed by atoms with Crippen LogP contribution in [0.4, 0.5) is 5.69 Å². The first-order valence-corrected chi connectivity index (χ1v) is 8.64. The van der Waals surface area contributed by atoms with Gasteiger partial charge in [-0.05, 0) is 30.3 Å². The number of non-ortho nitro benzene ring substituents is 1. The molecule has 0 aliphatic rings. The number of rotatable bonds is 5. The first-order chi connectivity index (χ1) is 13.6. The summed E-state index contributed by atoms with van der Waals surface area (Å²) in [4.78, 5) is 22.9. The fourth-order valence-corrected chi connectivity index (χ4v) is 3.00. The number of benzene rings is 2. The molecule has 0 spiro atoms. The van der Waals surface area contributed by atoms with Crippen molar-refractivity contribution in [2.24, 2.45) is 0 Å². The Kier molecular flexibility index (Phi) is 4.59. The van der Waals surface area contributed by atoms with Gasteiger partial charge >= 0.3 is 0 Å². The number of fused-ring (bicyclic) bond motifs is 1. The van der Waals surface area contributed by atoms with Crippen molar-refractivity contribution < 1.29 is 9.49 Å². The zero-order valence-corrected chi connectivity index (χ0v) is 14.8. The smallest absolute Gasteiger partial charge is 0.267 e. The number of nitro groups is 1. The van der Waals surface area contributed by atoms with Gasteiger partial charge in [0.1, 0.15) is 5.52 Å². The monoisotopic (exact) mass is 374 g/mol. The molecule has 0 saturated heterocycles. The number of hydrogen-bond acceptors (Lipinski definition) is 5. The fraction of sp³-hybridized carbons (Fsp3) is 0.100. The number of nitrogens with zero attached hydrogens (tertiary/aromatic N) is 5. The molecule has 4 rings (SSSR count). The quantitative estimate of drug-likeness (QED) is 0.303. The summed E-state index contributed by atoms with van der Waals surface area (Å²) in [6, 6.07) is 17.4. The molecule has 0 aliphatic heterocycles. The molecule has 0 fully saturated rings. The lowest BCUT2D eigenvalue weighted by Crippen LogP contribution is -2.34.